The van der Waals surface area contributed by atoms with E-state index < -0.39 is 17.7 Å². The molecule has 0 aliphatic heterocycles. The number of thiophene rings is 1. The zero-order valence-electron chi connectivity index (χ0n) is 18.3. The summed E-state index contributed by atoms with van der Waals surface area (Å²) in [5.41, 5.74) is 2.35. The van der Waals surface area contributed by atoms with E-state index in [0.29, 0.717) is 10.8 Å². The number of carbonyl (C=O) groups is 1. The van der Waals surface area contributed by atoms with E-state index in [1.54, 1.807) is 5.38 Å². The molecule has 0 aliphatic carbocycles. The Morgan fingerprint density at radius 1 is 1.09 bits per heavy atom. The molecule has 33 heavy (non-hydrogen) atoms. The number of ether oxygens (including phenoxy) is 1. The van der Waals surface area contributed by atoms with Gasteiger partial charge in [-0.3, -0.25) is 4.79 Å². The summed E-state index contributed by atoms with van der Waals surface area (Å²) in [6, 6.07) is 15.6. The average molecular weight is 472 g/mol. The SMILES string of the molecule is CC(C)C(C(=O)OCc1[nH]ccc1Cc1ccccc1)c1scc2cc(C(F)(F)F)ccc12. The number of alkyl halides is 3. The zero-order valence-corrected chi connectivity index (χ0v) is 19.1. The van der Waals surface area contributed by atoms with Crippen molar-refractivity contribution < 1.29 is 22.7 Å². The van der Waals surface area contributed by atoms with Gasteiger partial charge in [0.15, 0.2) is 0 Å². The van der Waals surface area contributed by atoms with Gasteiger partial charge in [-0.15, -0.1) is 11.3 Å². The van der Waals surface area contributed by atoms with Crippen LogP contribution in [0.4, 0.5) is 13.2 Å². The van der Waals surface area contributed by atoms with E-state index in [9.17, 15) is 18.0 Å². The molecule has 4 rings (SSSR count). The third kappa shape index (κ3) is 5.14. The smallest absolute Gasteiger partial charge is 0.416 e. The number of nitrogens with one attached hydrogen (secondary N) is 1. The van der Waals surface area contributed by atoms with E-state index in [1.807, 2.05) is 56.4 Å². The quantitative estimate of drug-likeness (QED) is 0.287. The van der Waals surface area contributed by atoms with Gasteiger partial charge in [0.1, 0.15) is 6.61 Å². The van der Waals surface area contributed by atoms with Crippen molar-refractivity contribution in [2.24, 2.45) is 5.92 Å². The molecule has 1 N–H and O–H groups in total. The fourth-order valence-corrected chi connectivity index (χ4v) is 5.24. The van der Waals surface area contributed by atoms with E-state index in [1.165, 1.54) is 17.4 Å². The van der Waals surface area contributed by atoms with Crippen molar-refractivity contribution in [3.8, 4) is 0 Å². The summed E-state index contributed by atoms with van der Waals surface area (Å²) in [6.07, 6.45) is -1.85. The van der Waals surface area contributed by atoms with Crippen LogP contribution in [0.25, 0.3) is 10.8 Å². The Labute approximate surface area is 194 Å². The monoisotopic (exact) mass is 471 g/mol. The normalized spacial score (nSPS) is 12.9. The van der Waals surface area contributed by atoms with Crippen molar-refractivity contribution in [1.82, 2.24) is 4.98 Å². The highest BCUT2D eigenvalue weighted by Gasteiger charge is 2.32. The lowest BCUT2D eigenvalue weighted by Crippen LogP contribution is -2.20. The van der Waals surface area contributed by atoms with Crippen molar-refractivity contribution in [2.75, 3.05) is 0 Å². The second-order valence-electron chi connectivity index (χ2n) is 8.37. The van der Waals surface area contributed by atoms with Crippen LogP contribution in [0.2, 0.25) is 0 Å². The number of aromatic amines is 1. The van der Waals surface area contributed by atoms with Crippen molar-refractivity contribution in [1.29, 1.82) is 0 Å². The van der Waals surface area contributed by atoms with Gasteiger partial charge in [0.2, 0.25) is 0 Å². The van der Waals surface area contributed by atoms with Crippen LogP contribution in [0.5, 0.6) is 0 Å². The molecule has 0 fully saturated rings. The van der Waals surface area contributed by atoms with Gasteiger partial charge < -0.3 is 9.72 Å². The van der Waals surface area contributed by atoms with E-state index in [2.05, 4.69) is 4.98 Å². The molecule has 1 atom stereocenters. The molecule has 0 radical (unpaired) electrons. The van der Waals surface area contributed by atoms with Gasteiger partial charge in [-0.1, -0.05) is 50.2 Å². The molecule has 172 valence electrons. The van der Waals surface area contributed by atoms with Gasteiger partial charge in [0, 0.05) is 11.1 Å². The summed E-state index contributed by atoms with van der Waals surface area (Å²) in [5.74, 6) is -1.01. The summed E-state index contributed by atoms with van der Waals surface area (Å²) < 4.78 is 44.9. The van der Waals surface area contributed by atoms with Crippen LogP contribution >= 0.6 is 11.3 Å². The highest BCUT2D eigenvalue weighted by atomic mass is 32.1. The maximum atomic E-state index is 13.1. The van der Waals surface area contributed by atoms with Crippen LogP contribution in [0.15, 0.2) is 66.2 Å². The third-order valence-corrected chi connectivity index (χ3v) is 6.79. The lowest BCUT2D eigenvalue weighted by atomic mass is 9.92. The first-order chi connectivity index (χ1) is 15.7. The number of fused-ring (bicyclic) bond motifs is 1. The standard InChI is InChI=1S/C26H24F3NO2S/c1-16(2)23(24-21-9-8-20(26(27,28)29)13-19(21)15-33-24)25(31)32-14-22-18(10-11-30-22)12-17-6-4-3-5-7-17/h3-11,13,15-16,23,30H,12,14H2,1-2H3. The van der Waals surface area contributed by atoms with E-state index in [4.69, 9.17) is 4.74 Å². The van der Waals surface area contributed by atoms with Gasteiger partial charge >= 0.3 is 12.1 Å². The number of aromatic nitrogens is 1. The number of carbonyl (C=O) groups excluding carboxylic acids is 1. The van der Waals surface area contributed by atoms with Crippen molar-refractivity contribution in [2.45, 2.75) is 39.0 Å². The molecule has 0 saturated carbocycles. The molecule has 0 aliphatic rings. The number of esters is 1. The van der Waals surface area contributed by atoms with Crippen molar-refractivity contribution >= 4 is 28.1 Å². The van der Waals surface area contributed by atoms with E-state index in [0.717, 1.165) is 40.3 Å². The average Bonchev–Trinajstić information content (AvgIpc) is 3.39. The Morgan fingerprint density at radius 3 is 2.55 bits per heavy atom. The number of halogens is 3. The summed E-state index contributed by atoms with van der Waals surface area (Å²) in [7, 11) is 0. The Hall–Kier alpha value is -3.06. The van der Waals surface area contributed by atoms with Gasteiger partial charge in [-0.25, -0.2) is 0 Å². The number of rotatable bonds is 7. The summed E-state index contributed by atoms with van der Waals surface area (Å²) in [5, 5.41) is 2.82. The molecule has 0 amide bonds. The lowest BCUT2D eigenvalue weighted by Gasteiger charge is -2.19. The molecular weight excluding hydrogens is 447 g/mol. The lowest BCUT2D eigenvalue weighted by molar-refractivity contribution is -0.148. The molecular formula is C26H24F3NO2S. The fraction of sp³-hybridized carbons (Fsp3) is 0.269. The largest absolute Gasteiger partial charge is 0.459 e. The van der Waals surface area contributed by atoms with E-state index >= 15 is 0 Å². The Morgan fingerprint density at radius 2 is 1.85 bits per heavy atom. The second kappa shape index (κ2) is 9.43. The molecule has 1 unspecified atom stereocenters. The molecule has 0 spiro atoms. The van der Waals surface area contributed by atoms with Gasteiger partial charge in [0.25, 0.3) is 0 Å². The first kappa shape index (κ1) is 23.1. The molecule has 7 heteroatoms. The van der Waals surface area contributed by atoms with Crippen LogP contribution in [0, 0.1) is 5.92 Å². The van der Waals surface area contributed by atoms with Crippen LogP contribution in [0.3, 0.4) is 0 Å². The van der Waals surface area contributed by atoms with Crippen molar-refractivity contribution in [3.05, 3.63) is 93.4 Å². The van der Waals surface area contributed by atoms with Crippen LogP contribution in [-0.4, -0.2) is 11.0 Å². The molecule has 2 aromatic heterocycles. The minimum atomic E-state index is -4.40. The molecule has 0 bridgehead atoms. The summed E-state index contributed by atoms with van der Waals surface area (Å²) in [6.45, 7) is 3.94. The number of hydrogen-bond acceptors (Lipinski definition) is 3. The Kier molecular flexibility index (Phi) is 6.61. The van der Waals surface area contributed by atoms with Crippen LogP contribution in [0.1, 0.15) is 47.0 Å². The highest BCUT2D eigenvalue weighted by Crippen LogP contribution is 2.39. The predicted octanol–water partition coefficient (Wildman–Crippen LogP) is 7.32. The van der Waals surface area contributed by atoms with E-state index in [-0.39, 0.29) is 18.5 Å². The molecule has 0 saturated heterocycles. The highest BCUT2D eigenvalue weighted by molar-refractivity contribution is 7.11. The van der Waals surface area contributed by atoms with Crippen LogP contribution < -0.4 is 0 Å². The Bertz CT molecular complexity index is 1240. The van der Waals surface area contributed by atoms with Gasteiger partial charge in [-0.2, -0.15) is 13.2 Å². The van der Waals surface area contributed by atoms with Gasteiger partial charge in [0.05, 0.1) is 17.2 Å². The topological polar surface area (TPSA) is 42.1 Å². The minimum absolute atomic E-state index is 0.0749. The molecule has 4 aromatic rings. The molecule has 3 nitrogen and oxygen atoms in total. The number of H-pyrrole nitrogens is 1. The maximum Gasteiger partial charge on any atom is 0.416 e. The van der Waals surface area contributed by atoms with Gasteiger partial charge in [-0.05, 0) is 57.8 Å². The number of benzene rings is 2. The maximum absolute atomic E-state index is 13.1. The molecule has 2 aromatic carbocycles. The first-order valence-electron chi connectivity index (χ1n) is 10.7. The van der Waals surface area contributed by atoms with Crippen molar-refractivity contribution in [3.63, 3.8) is 0 Å². The third-order valence-electron chi connectivity index (χ3n) is 5.69. The predicted molar refractivity (Wildman–Crippen MR) is 124 cm³/mol. The van der Waals surface area contributed by atoms with Crippen LogP contribution in [-0.2, 0) is 28.7 Å². The fourth-order valence-electron chi connectivity index (χ4n) is 3.96. The first-order valence-corrected chi connectivity index (χ1v) is 11.6. The second-order valence-corrected chi connectivity index (χ2v) is 9.28. The summed E-state index contributed by atoms with van der Waals surface area (Å²) in [4.78, 5) is 17.0. The molecule has 2 heterocycles. The number of hydrogen-bond donors (Lipinski definition) is 1. The Balaban J connectivity index is 1.52. The zero-order chi connectivity index (χ0) is 23.6. The summed E-state index contributed by atoms with van der Waals surface area (Å²) >= 11 is 1.30. The minimum Gasteiger partial charge on any atom is -0.459 e.